The van der Waals surface area contributed by atoms with Gasteiger partial charge < -0.3 is 5.32 Å². The summed E-state index contributed by atoms with van der Waals surface area (Å²) in [4.78, 5) is 9.06. The molecule has 0 aliphatic carbocycles. The summed E-state index contributed by atoms with van der Waals surface area (Å²) in [7, 11) is 0. The van der Waals surface area contributed by atoms with E-state index in [2.05, 4.69) is 36.1 Å². The predicted octanol–water partition coefficient (Wildman–Crippen LogP) is 2.81. The number of hydrogen-bond donors (Lipinski definition) is 1. The molecule has 0 atom stereocenters. The minimum absolute atomic E-state index is 0.0168. The van der Waals surface area contributed by atoms with Gasteiger partial charge in [0, 0.05) is 17.7 Å². The maximum Gasteiger partial charge on any atom is 0.123 e. The SMILES string of the molecule is CC(C)(C)NC1=NCCN=C(c2ccc(F)cc2)C1. The number of amidine groups is 1. The van der Waals surface area contributed by atoms with E-state index < -0.39 is 0 Å². The third kappa shape index (κ3) is 4.16. The Morgan fingerprint density at radius 3 is 2.32 bits per heavy atom. The Morgan fingerprint density at radius 2 is 1.68 bits per heavy atom. The largest absolute Gasteiger partial charge is 0.369 e. The van der Waals surface area contributed by atoms with Gasteiger partial charge in [0.1, 0.15) is 11.7 Å². The van der Waals surface area contributed by atoms with Crippen LogP contribution in [-0.2, 0) is 0 Å². The van der Waals surface area contributed by atoms with E-state index in [1.165, 1.54) is 12.1 Å². The highest BCUT2D eigenvalue weighted by molar-refractivity contribution is 6.12. The lowest BCUT2D eigenvalue weighted by molar-refractivity contribution is 0.508. The van der Waals surface area contributed by atoms with Crippen LogP contribution in [0.1, 0.15) is 32.8 Å². The number of benzene rings is 1. The molecule has 0 unspecified atom stereocenters. The molecule has 0 saturated heterocycles. The van der Waals surface area contributed by atoms with E-state index in [1.54, 1.807) is 12.1 Å². The summed E-state index contributed by atoms with van der Waals surface area (Å²) in [5.74, 6) is 0.729. The summed E-state index contributed by atoms with van der Waals surface area (Å²) < 4.78 is 13.0. The molecule has 1 aliphatic rings. The minimum Gasteiger partial charge on any atom is -0.369 e. The first kappa shape index (κ1) is 13.7. The van der Waals surface area contributed by atoms with Gasteiger partial charge in [0.25, 0.3) is 0 Å². The number of aliphatic imine (C=N–C) groups is 2. The maximum atomic E-state index is 13.0. The Balaban J connectivity index is 2.16. The molecule has 3 nitrogen and oxygen atoms in total. The van der Waals surface area contributed by atoms with E-state index in [-0.39, 0.29) is 11.4 Å². The van der Waals surface area contributed by atoms with Crippen LogP contribution in [0.5, 0.6) is 0 Å². The van der Waals surface area contributed by atoms with Crippen molar-refractivity contribution in [3.63, 3.8) is 0 Å². The lowest BCUT2D eigenvalue weighted by atomic mass is 10.0. The highest BCUT2D eigenvalue weighted by atomic mass is 19.1. The van der Waals surface area contributed by atoms with Crippen LogP contribution in [0.4, 0.5) is 4.39 Å². The average Bonchev–Trinajstić information content (AvgIpc) is 2.53. The Kier molecular flexibility index (Phi) is 3.98. The number of rotatable bonds is 1. The zero-order chi connectivity index (χ0) is 13.9. The zero-order valence-electron chi connectivity index (χ0n) is 11.7. The normalized spacial score (nSPS) is 16.4. The lowest BCUT2D eigenvalue weighted by Gasteiger charge is -2.23. The topological polar surface area (TPSA) is 36.8 Å². The summed E-state index contributed by atoms with van der Waals surface area (Å²) in [5.41, 5.74) is 1.91. The molecule has 1 aliphatic heterocycles. The molecule has 0 radical (unpaired) electrons. The molecule has 1 aromatic rings. The van der Waals surface area contributed by atoms with Gasteiger partial charge in [-0.15, -0.1) is 0 Å². The lowest BCUT2D eigenvalue weighted by Crippen LogP contribution is -2.41. The first-order valence-corrected chi connectivity index (χ1v) is 6.55. The van der Waals surface area contributed by atoms with E-state index in [1.807, 2.05) is 0 Å². The Labute approximate surface area is 113 Å². The summed E-state index contributed by atoms with van der Waals surface area (Å²) >= 11 is 0. The second-order valence-electron chi connectivity index (χ2n) is 5.72. The van der Waals surface area contributed by atoms with Gasteiger partial charge >= 0.3 is 0 Å². The standard InChI is InChI=1S/C15H20FN3/c1-15(2,3)19-14-10-13(17-8-9-18-14)11-4-6-12(16)7-5-11/h4-7H,8-10H2,1-3H3,(H,18,19). The van der Waals surface area contributed by atoms with Crippen LogP contribution in [0.3, 0.4) is 0 Å². The van der Waals surface area contributed by atoms with Crippen molar-refractivity contribution in [2.45, 2.75) is 32.7 Å². The molecule has 19 heavy (non-hydrogen) atoms. The van der Waals surface area contributed by atoms with Crippen molar-refractivity contribution in [3.05, 3.63) is 35.6 Å². The number of halogens is 1. The minimum atomic E-state index is -0.223. The highest BCUT2D eigenvalue weighted by Crippen LogP contribution is 2.11. The molecule has 102 valence electrons. The smallest absolute Gasteiger partial charge is 0.123 e. The second-order valence-corrected chi connectivity index (χ2v) is 5.72. The molecule has 0 aromatic heterocycles. The molecule has 2 rings (SSSR count). The molecule has 1 heterocycles. The molecular formula is C15H20FN3. The van der Waals surface area contributed by atoms with Gasteiger partial charge in [0.05, 0.1) is 13.1 Å². The fourth-order valence-corrected chi connectivity index (χ4v) is 1.99. The number of hydrogen-bond acceptors (Lipinski definition) is 3. The van der Waals surface area contributed by atoms with Crippen LogP contribution >= 0.6 is 0 Å². The van der Waals surface area contributed by atoms with Crippen LogP contribution in [0.25, 0.3) is 0 Å². The molecule has 0 fully saturated rings. The van der Waals surface area contributed by atoms with Gasteiger partial charge in [-0.05, 0) is 38.5 Å². The van der Waals surface area contributed by atoms with Crippen molar-refractivity contribution in [2.24, 2.45) is 9.98 Å². The molecule has 1 aromatic carbocycles. The van der Waals surface area contributed by atoms with Crippen LogP contribution in [-0.4, -0.2) is 30.2 Å². The van der Waals surface area contributed by atoms with Crippen molar-refractivity contribution in [1.29, 1.82) is 0 Å². The number of nitrogens with zero attached hydrogens (tertiary/aromatic N) is 2. The van der Waals surface area contributed by atoms with E-state index in [0.29, 0.717) is 19.5 Å². The maximum absolute atomic E-state index is 13.0. The first-order valence-electron chi connectivity index (χ1n) is 6.55. The van der Waals surface area contributed by atoms with Gasteiger partial charge in [-0.3, -0.25) is 9.98 Å². The van der Waals surface area contributed by atoms with Crippen molar-refractivity contribution in [2.75, 3.05) is 13.1 Å². The molecule has 0 spiro atoms. The van der Waals surface area contributed by atoms with Gasteiger partial charge in [-0.2, -0.15) is 0 Å². The summed E-state index contributed by atoms with van der Waals surface area (Å²) in [5, 5.41) is 3.40. The zero-order valence-corrected chi connectivity index (χ0v) is 11.7. The van der Waals surface area contributed by atoms with Gasteiger partial charge in [0.15, 0.2) is 0 Å². The van der Waals surface area contributed by atoms with Crippen LogP contribution in [0, 0.1) is 5.82 Å². The molecule has 0 saturated carbocycles. The van der Waals surface area contributed by atoms with Gasteiger partial charge in [0.2, 0.25) is 0 Å². The summed E-state index contributed by atoms with van der Waals surface area (Å²) in [6, 6.07) is 6.48. The summed E-state index contributed by atoms with van der Waals surface area (Å²) in [6.45, 7) is 7.70. The third-order valence-corrected chi connectivity index (χ3v) is 2.74. The Morgan fingerprint density at radius 1 is 1.05 bits per heavy atom. The third-order valence-electron chi connectivity index (χ3n) is 2.74. The average molecular weight is 261 g/mol. The van der Waals surface area contributed by atoms with E-state index in [0.717, 1.165) is 17.1 Å². The fourth-order valence-electron chi connectivity index (χ4n) is 1.99. The van der Waals surface area contributed by atoms with E-state index in [9.17, 15) is 4.39 Å². The molecular weight excluding hydrogens is 241 g/mol. The fraction of sp³-hybridized carbons (Fsp3) is 0.467. The van der Waals surface area contributed by atoms with Crippen molar-refractivity contribution < 1.29 is 4.39 Å². The molecule has 0 bridgehead atoms. The summed E-state index contributed by atoms with van der Waals surface area (Å²) in [6.07, 6.45) is 0.670. The van der Waals surface area contributed by atoms with Gasteiger partial charge in [-0.1, -0.05) is 12.1 Å². The highest BCUT2D eigenvalue weighted by Gasteiger charge is 2.16. The van der Waals surface area contributed by atoms with Crippen LogP contribution in [0.15, 0.2) is 34.3 Å². The first-order chi connectivity index (χ1) is 8.94. The van der Waals surface area contributed by atoms with Crippen molar-refractivity contribution >= 4 is 11.5 Å². The second kappa shape index (κ2) is 5.51. The van der Waals surface area contributed by atoms with Crippen molar-refractivity contribution in [1.82, 2.24) is 5.32 Å². The Hall–Kier alpha value is -1.71. The molecule has 0 amide bonds. The van der Waals surface area contributed by atoms with Crippen LogP contribution < -0.4 is 5.32 Å². The van der Waals surface area contributed by atoms with Crippen LogP contribution in [0.2, 0.25) is 0 Å². The van der Waals surface area contributed by atoms with Crippen molar-refractivity contribution in [3.8, 4) is 0 Å². The predicted molar refractivity (Wildman–Crippen MR) is 77.6 cm³/mol. The monoisotopic (exact) mass is 261 g/mol. The van der Waals surface area contributed by atoms with Gasteiger partial charge in [-0.25, -0.2) is 4.39 Å². The molecule has 1 N–H and O–H groups in total. The van der Waals surface area contributed by atoms with E-state index >= 15 is 0 Å². The Bertz CT molecular complexity index is 495. The van der Waals surface area contributed by atoms with E-state index in [4.69, 9.17) is 0 Å². The molecule has 4 heteroatoms. The quantitative estimate of drug-likeness (QED) is 0.829. The number of nitrogens with one attached hydrogen (secondary N) is 1.